The van der Waals surface area contributed by atoms with Gasteiger partial charge in [0.15, 0.2) is 0 Å². The molecule has 0 aliphatic rings. The van der Waals surface area contributed by atoms with Gasteiger partial charge in [0.1, 0.15) is 0 Å². The Morgan fingerprint density at radius 2 is 2.33 bits per heavy atom. The average molecular weight is 210 g/mol. The first-order valence-electron chi connectivity index (χ1n) is 5.13. The van der Waals surface area contributed by atoms with E-state index in [1.807, 2.05) is 14.0 Å². The quantitative estimate of drug-likeness (QED) is 0.682. The molecule has 1 heterocycles. The van der Waals surface area contributed by atoms with Gasteiger partial charge in [0.25, 0.3) is 5.91 Å². The second kappa shape index (κ2) is 5.50. The van der Waals surface area contributed by atoms with Crippen LogP contribution in [0.3, 0.4) is 0 Å². The Labute approximate surface area is 89.6 Å². The van der Waals surface area contributed by atoms with Crippen molar-refractivity contribution in [3.63, 3.8) is 0 Å². The van der Waals surface area contributed by atoms with Gasteiger partial charge in [-0.05, 0) is 26.3 Å². The van der Waals surface area contributed by atoms with Crippen LogP contribution in [0, 0.1) is 6.92 Å². The van der Waals surface area contributed by atoms with Gasteiger partial charge < -0.3 is 11.1 Å². The molecule has 0 aliphatic carbocycles. The van der Waals surface area contributed by atoms with E-state index in [2.05, 4.69) is 10.4 Å². The fourth-order valence-corrected chi connectivity index (χ4v) is 1.29. The minimum absolute atomic E-state index is 0.0578. The van der Waals surface area contributed by atoms with Crippen molar-refractivity contribution in [2.45, 2.75) is 19.8 Å². The standard InChI is InChI=1S/C10H18N4O/c1-8-9(7-13-14(8)2)10(15)12-6-4-3-5-11/h7H,3-6,11H2,1-2H3,(H,12,15). The number of aryl methyl sites for hydroxylation is 1. The summed E-state index contributed by atoms with van der Waals surface area (Å²) in [4.78, 5) is 11.6. The van der Waals surface area contributed by atoms with E-state index in [1.165, 1.54) is 0 Å². The predicted molar refractivity (Wildman–Crippen MR) is 58.6 cm³/mol. The van der Waals surface area contributed by atoms with Crippen LogP contribution in [0.1, 0.15) is 28.9 Å². The molecule has 0 unspecified atom stereocenters. The second-order valence-electron chi connectivity index (χ2n) is 3.52. The van der Waals surface area contributed by atoms with Gasteiger partial charge in [0.2, 0.25) is 0 Å². The summed E-state index contributed by atoms with van der Waals surface area (Å²) in [5.74, 6) is -0.0578. The largest absolute Gasteiger partial charge is 0.352 e. The highest BCUT2D eigenvalue weighted by atomic mass is 16.1. The molecule has 5 nitrogen and oxygen atoms in total. The Morgan fingerprint density at radius 1 is 1.60 bits per heavy atom. The lowest BCUT2D eigenvalue weighted by molar-refractivity contribution is 0.0952. The van der Waals surface area contributed by atoms with Gasteiger partial charge in [-0.3, -0.25) is 9.48 Å². The van der Waals surface area contributed by atoms with Crippen LogP contribution in [0.4, 0.5) is 0 Å². The Morgan fingerprint density at radius 3 is 2.87 bits per heavy atom. The molecule has 1 aromatic heterocycles. The topological polar surface area (TPSA) is 72.9 Å². The van der Waals surface area contributed by atoms with Crippen LogP contribution >= 0.6 is 0 Å². The zero-order valence-corrected chi connectivity index (χ0v) is 9.29. The van der Waals surface area contributed by atoms with E-state index < -0.39 is 0 Å². The normalized spacial score (nSPS) is 10.3. The Kier molecular flexibility index (Phi) is 4.30. The Hall–Kier alpha value is -1.36. The van der Waals surface area contributed by atoms with Crippen LogP contribution < -0.4 is 11.1 Å². The lowest BCUT2D eigenvalue weighted by atomic mass is 10.2. The third-order valence-corrected chi connectivity index (χ3v) is 2.40. The molecular weight excluding hydrogens is 192 g/mol. The minimum Gasteiger partial charge on any atom is -0.352 e. The Balaban J connectivity index is 2.44. The molecule has 5 heteroatoms. The van der Waals surface area contributed by atoms with Gasteiger partial charge >= 0.3 is 0 Å². The number of hydrogen-bond donors (Lipinski definition) is 2. The van der Waals surface area contributed by atoms with Crippen LogP contribution in [0.25, 0.3) is 0 Å². The molecule has 0 fully saturated rings. The van der Waals surface area contributed by atoms with E-state index in [-0.39, 0.29) is 5.91 Å². The number of amides is 1. The molecule has 0 bridgehead atoms. The maximum Gasteiger partial charge on any atom is 0.254 e. The highest BCUT2D eigenvalue weighted by molar-refractivity contribution is 5.94. The van der Waals surface area contributed by atoms with Crippen LogP contribution in [-0.2, 0) is 7.05 Å². The predicted octanol–water partition coefficient (Wildman–Crippen LogP) is 0.197. The maximum atomic E-state index is 11.6. The van der Waals surface area contributed by atoms with Crippen molar-refractivity contribution < 1.29 is 4.79 Å². The molecule has 0 aromatic carbocycles. The first-order chi connectivity index (χ1) is 7.16. The van der Waals surface area contributed by atoms with Crippen molar-refractivity contribution in [3.05, 3.63) is 17.5 Å². The van der Waals surface area contributed by atoms with E-state index in [1.54, 1.807) is 10.9 Å². The number of carbonyl (C=O) groups excluding carboxylic acids is 1. The SMILES string of the molecule is Cc1c(C(=O)NCCCCN)cnn1C. The summed E-state index contributed by atoms with van der Waals surface area (Å²) in [6.07, 6.45) is 3.45. The third-order valence-electron chi connectivity index (χ3n) is 2.40. The lowest BCUT2D eigenvalue weighted by Crippen LogP contribution is -2.25. The maximum absolute atomic E-state index is 11.6. The monoisotopic (exact) mass is 210 g/mol. The number of nitrogens with one attached hydrogen (secondary N) is 1. The zero-order valence-electron chi connectivity index (χ0n) is 9.29. The first-order valence-corrected chi connectivity index (χ1v) is 5.13. The van der Waals surface area contributed by atoms with Crippen LogP contribution in [-0.4, -0.2) is 28.8 Å². The number of hydrogen-bond acceptors (Lipinski definition) is 3. The molecular formula is C10H18N4O. The van der Waals surface area contributed by atoms with Crippen molar-refractivity contribution >= 4 is 5.91 Å². The number of carbonyl (C=O) groups is 1. The van der Waals surface area contributed by atoms with Crippen molar-refractivity contribution in [1.82, 2.24) is 15.1 Å². The first kappa shape index (κ1) is 11.7. The van der Waals surface area contributed by atoms with Gasteiger partial charge in [0, 0.05) is 19.3 Å². The van der Waals surface area contributed by atoms with Crippen molar-refractivity contribution in [2.75, 3.05) is 13.1 Å². The molecule has 0 aliphatic heterocycles. The summed E-state index contributed by atoms with van der Waals surface area (Å²) in [6.45, 7) is 3.22. The average Bonchev–Trinajstić information content (AvgIpc) is 2.55. The van der Waals surface area contributed by atoms with E-state index in [0.29, 0.717) is 18.7 Å². The van der Waals surface area contributed by atoms with Crippen molar-refractivity contribution in [3.8, 4) is 0 Å². The van der Waals surface area contributed by atoms with E-state index in [0.717, 1.165) is 18.5 Å². The molecule has 15 heavy (non-hydrogen) atoms. The molecule has 0 saturated carbocycles. The summed E-state index contributed by atoms with van der Waals surface area (Å²) >= 11 is 0. The summed E-state index contributed by atoms with van der Waals surface area (Å²) < 4.78 is 1.69. The van der Waals surface area contributed by atoms with E-state index in [4.69, 9.17) is 5.73 Å². The van der Waals surface area contributed by atoms with Crippen LogP contribution in [0.5, 0.6) is 0 Å². The summed E-state index contributed by atoms with van der Waals surface area (Å²) in [5, 5.41) is 6.86. The summed E-state index contributed by atoms with van der Waals surface area (Å²) in [6, 6.07) is 0. The number of nitrogens with zero attached hydrogens (tertiary/aromatic N) is 2. The van der Waals surface area contributed by atoms with Crippen molar-refractivity contribution in [1.29, 1.82) is 0 Å². The fourth-order valence-electron chi connectivity index (χ4n) is 1.29. The van der Waals surface area contributed by atoms with Gasteiger partial charge in [0.05, 0.1) is 11.8 Å². The number of nitrogens with two attached hydrogens (primary N) is 1. The third kappa shape index (κ3) is 3.06. The molecule has 84 valence electrons. The molecule has 0 spiro atoms. The molecule has 0 saturated heterocycles. The molecule has 1 aromatic rings. The molecule has 0 radical (unpaired) electrons. The van der Waals surface area contributed by atoms with Crippen LogP contribution in [0.15, 0.2) is 6.20 Å². The highest BCUT2D eigenvalue weighted by Gasteiger charge is 2.11. The number of unbranched alkanes of at least 4 members (excludes halogenated alkanes) is 1. The molecule has 1 amide bonds. The fraction of sp³-hybridized carbons (Fsp3) is 0.600. The summed E-state index contributed by atoms with van der Waals surface area (Å²) in [5.41, 5.74) is 6.88. The van der Waals surface area contributed by atoms with Gasteiger partial charge in [-0.15, -0.1) is 0 Å². The van der Waals surface area contributed by atoms with E-state index >= 15 is 0 Å². The molecule has 3 N–H and O–H groups in total. The molecule has 0 atom stereocenters. The van der Waals surface area contributed by atoms with E-state index in [9.17, 15) is 4.79 Å². The van der Waals surface area contributed by atoms with Gasteiger partial charge in [-0.2, -0.15) is 5.10 Å². The number of aromatic nitrogens is 2. The highest BCUT2D eigenvalue weighted by Crippen LogP contribution is 2.04. The zero-order chi connectivity index (χ0) is 11.3. The van der Waals surface area contributed by atoms with Gasteiger partial charge in [-0.1, -0.05) is 0 Å². The van der Waals surface area contributed by atoms with Crippen LogP contribution in [0.2, 0.25) is 0 Å². The number of rotatable bonds is 5. The lowest BCUT2D eigenvalue weighted by Gasteiger charge is -2.03. The summed E-state index contributed by atoms with van der Waals surface area (Å²) in [7, 11) is 1.82. The van der Waals surface area contributed by atoms with Crippen molar-refractivity contribution in [2.24, 2.45) is 12.8 Å². The minimum atomic E-state index is -0.0578. The Bertz CT molecular complexity index is 332. The second-order valence-corrected chi connectivity index (χ2v) is 3.52. The molecule has 1 rings (SSSR count). The smallest absolute Gasteiger partial charge is 0.254 e. The van der Waals surface area contributed by atoms with Gasteiger partial charge in [-0.25, -0.2) is 0 Å².